The van der Waals surface area contributed by atoms with Crippen molar-refractivity contribution in [2.24, 2.45) is 11.8 Å². The molecule has 36 heavy (non-hydrogen) atoms. The van der Waals surface area contributed by atoms with E-state index in [1.54, 1.807) is 14.1 Å². The summed E-state index contributed by atoms with van der Waals surface area (Å²) in [5, 5.41) is 11.2. The second-order valence-electron chi connectivity index (χ2n) is 9.27. The molecule has 2 aromatic carbocycles. The van der Waals surface area contributed by atoms with Crippen LogP contribution in [0.4, 0.5) is 11.4 Å². The SMILES string of the molecule is CNC(=O)CCc1ccc(NC(=O)C2CCC(C(=O)Nc3ccc(CCC(=O)NC)cc3)CC2)cc1. The average Bonchev–Trinajstić information content (AvgIpc) is 2.91. The molecular formula is C28H36N4O4. The minimum atomic E-state index is -0.110. The summed E-state index contributed by atoms with van der Waals surface area (Å²) < 4.78 is 0. The molecule has 0 aliphatic heterocycles. The van der Waals surface area contributed by atoms with Gasteiger partial charge in [-0.15, -0.1) is 0 Å². The highest BCUT2D eigenvalue weighted by Crippen LogP contribution is 2.30. The summed E-state index contributed by atoms with van der Waals surface area (Å²) >= 11 is 0. The number of hydrogen-bond donors (Lipinski definition) is 4. The van der Waals surface area contributed by atoms with Crippen molar-refractivity contribution in [3.8, 4) is 0 Å². The van der Waals surface area contributed by atoms with Crippen LogP contribution in [0.15, 0.2) is 48.5 Å². The van der Waals surface area contributed by atoms with Crippen molar-refractivity contribution in [2.45, 2.75) is 51.4 Å². The van der Waals surface area contributed by atoms with Crippen LogP contribution in [0.1, 0.15) is 49.7 Å². The molecule has 4 N–H and O–H groups in total. The molecule has 0 aromatic heterocycles. The predicted octanol–water partition coefficient (Wildman–Crippen LogP) is 3.43. The predicted molar refractivity (Wildman–Crippen MR) is 140 cm³/mol. The molecule has 0 bridgehead atoms. The van der Waals surface area contributed by atoms with Gasteiger partial charge in [-0.1, -0.05) is 24.3 Å². The van der Waals surface area contributed by atoms with E-state index < -0.39 is 0 Å². The van der Waals surface area contributed by atoms with Gasteiger partial charge in [0.05, 0.1) is 0 Å². The quantitative estimate of drug-likeness (QED) is 0.407. The van der Waals surface area contributed by atoms with Gasteiger partial charge in [-0.25, -0.2) is 0 Å². The maximum Gasteiger partial charge on any atom is 0.227 e. The average molecular weight is 493 g/mol. The highest BCUT2D eigenvalue weighted by Gasteiger charge is 2.30. The second kappa shape index (κ2) is 13.4. The molecule has 8 heteroatoms. The van der Waals surface area contributed by atoms with E-state index >= 15 is 0 Å². The summed E-state index contributed by atoms with van der Waals surface area (Å²) in [7, 11) is 3.25. The fourth-order valence-electron chi connectivity index (χ4n) is 4.38. The molecule has 0 radical (unpaired) electrons. The lowest BCUT2D eigenvalue weighted by atomic mass is 9.81. The Bertz CT molecular complexity index is 957. The lowest BCUT2D eigenvalue weighted by Gasteiger charge is -2.27. The summed E-state index contributed by atoms with van der Waals surface area (Å²) in [4.78, 5) is 48.2. The van der Waals surface area contributed by atoms with E-state index in [-0.39, 0.29) is 35.5 Å². The number of carbonyl (C=O) groups excluding carboxylic acids is 4. The third-order valence-corrected chi connectivity index (χ3v) is 6.75. The highest BCUT2D eigenvalue weighted by molar-refractivity contribution is 5.94. The van der Waals surface area contributed by atoms with Gasteiger partial charge in [0.1, 0.15) is 0 Å². The van der Waals surface area contributed by atoms with Crippen LogP contribution in [0, 0.1) is 11.8 Å². The van der Waals surface area contributed by atoms with Gasteiger partial charge in [-0.05, 0) is 73.9 Å². The van der Waals surface area contributed by atoms with E-state index in [9.17, 15) is 19.2 Å². The summed E-state index contributed by atoms with van der Waals surface area (Å²) in [5.41, 5.74) is 3.56. The lowest BCUT2D eigenvalue weighted by Crippen LogP contribution is -2.32. The molecular weight excluding hydrogens is 456 g/mol. The minimum Gasteiger partial charge on any atom is -0.359 e. The smallest absolute Gasteiger partial charge is 0.227 e. The van der Waals surface area contributed by atoms with Gasteiger partial charge in [0, 0.05) is 50.1 Å². The minimum absolute atomic E-state index is 0.00377. The third kappa shape index (κ3) is 8.22. The first-order chi connectivity index (χ1) is 17.4. The van der Waals surface area contributed by atoms with Gasteiger partial charge >= 0.3 is 0 Å². The van der Waals surface area contributed by atoms with Crippen molar-refractivity contribution in [1.82, 2.24) is 10.6 Å². The van der Waals surface area contributed by atoms with Crippen LogP contribution in [-0.2, 0) is 32.0 Å². The number of benzene rings is 2. The van der Waals surface area contributed by atoms with Gasteiger partial charge in [0.2, 0.25) is 23.6 Å². The van der Waals surface area contributed by atoms with E-state index in [0.717, 1.165) is 22.5 Å². The lowest BCUT2D eigenvalue weighted by molar-refractivity contribution is -0.125. The molecule has 1 fully saturated rings. The summed E-state index contributed by atoms with van der Waals surface area (Å²) in [5.74, 6) is -0.241. The highest BCUT2D eigenvalue weighted by atomic mass is 16.2. The standard InChI is InChI=1S/C28H36N4O4/c1-29-25(33)17-7-19-3-13-23(14-4-19)31-27(35)21-9-11-22(12-10-21)28(36)32-24-15-5-20(6-16-24)8-18-26(34)30-2/h3-6,13-16,21-22H,7-12,17-18H2,1-2H3,(H,29,33)(H,30,34)(H,31,35)(H,32,36). The third-order valence-electron chi connectivity index (χ3n) is 6.75. The monoisotopic (exact) mass is 492 g/mol. The molecule has 1 aliphatic rings. The molecule has 0 atom stereocenters. The summed E-state index contributed by atoms with van der Waals surface area (Å²) in [6, 6.07) is 15.1. The van der Waals surface area contributed by atoms with Gasteiger partial charge in [0.15, 0.2) is 0 Å². The fraction of sp³-hybridized carbons (Fsp3) is 0.429. The Morgan fingerprint density at radius 1 is 0.611 bits per heavy atom. The van der Waals surface area contributed by atoms with Crippen molar-refractivity contribution in [3.63, 3.8) is 0 Å². The van der Waals surface area contributed by atoms with Crippen molar-refractivity contribution in [3.05, 3.63) is 59.7 Å². The van der Waals surface area contributed by atoms with Crippen molar-refractivity contribution < 1.29 is 19.2 Å². The summed E-state index contributed by atoms with van der Waals surface area (Å²) in [6.07, 6.45) is 4.87. The number of hydrogen-bond acceptors (Lipinski definition) is 4. The van der Waals surface area contributed by atoms with Crippen LogP contribution < -0.4 is 21.3 Å². The normalized spacial score (nSPS) is 17.1. The van der Waals surface area contributed by atoms with Crippen molar-refractivity contribution in [1.29, 1.82) is 0 Å². The number of amides is 4. The number of carbonyl (C=O) groups is 4. The van der Waals surface area contributed by atoms with Crippen LogP contribution >= 0.6 is 0 Å². The fourth-order valence-corrected chi connectivity index (χ4v) is 4.38. The Morgan fingerprint density at radius 2 is 0.944 bits per heavy atom. The van der Waals surface area contributed by atoms with Crippen molar-refractivity contribution in [2.75, 3.05) is 24.7 Å². The molecule has 0 heterocycles. The molecule has 4 amide bonds. The first kappa shape index (κ1) is 26.9. The molecule has 0 saturated heterocycles. The zero-order valence-electron chi connectivity index (χ0n) is 21.1. The molecule has 192 valence electrons. The number of aryl methyl sites for hydroxylation is 2. The molecule has 8 nitrogen and oxygen atoms in total. The van der Waals surface area contributed by atoms with E-state index in [1.807, 2.05) is 48.5 Å². The van der Waals surface area contributed by atoms with Crippen LogP contribution in [0.5, 0.6) is 0 Å². The number of rotatable bonds is 10. The van der Waals surface area contributed by atoms with Crippen LogP contribution in [0.25, 0.3) is 0 Å². The zero-order valence-corrected chi connectivity index (χ0v) is 21.1. The van der Waals surface area contributed by atoms with Crippen LogP contribution in [0.2, 0.25) is 0 Å². The molecule has 3 rings (SSSR count). The van der Waals surface area contributed by atoms with Gasteiger partial charge in [-0.3, -0.25) is 19.2 Å². The van der Waals surface area contributed by atoms with Crippen molar-refractivity contribution >= 4 is 35.0 Å². The van der Waals surface area contributed by atoms with Crippen LogP contribution in [0.3, 0.4) is 0 Å². The Hall–Kier alpha value is -3.68. The number of nitrogens with one attached hydrogen (secondary N) is 4. The molecule has 1 aliphatic carbocycles. The zero-order chi connectivity index (χ0) is 25.9. The first-order valence-electron chi connectivity index (χ1n) is 12.6. The van der Waals surface area contributed by atoms with Gasteiger partial charge in [-0.2, -0.15) is 0 Å². The molecule has 0 spiro atoms. The first-order valence-corrected chi connectivity index (χ1v) is 12.6. The molecule has 2 aromatic rings. The Kier molecular flexibility index (Phi) is 10.0. The van der Waals surface area contributed by atoms with E-state index in [1.165, 1.54) is 0 Å². The van der Waals surface area contributed by atoms with Crippen LogP contribution in [-0.4, -0.2) is 37.7 Å². The Morgan fingerprint density at radius 3 is 1.25 bits per heavy atom. The second-order valence-corrected chi connectivity index (χ2v) is 9.27. The maximum absolute atomic E-state index is 12.7. The van der Waals surface area contributed by atoms with Gasteiger partial charge < -0.3 is 21.3 Å². The van der Waals surface area contributed by atoms with E-state index in [0.29, 0.717) is 51.4 Å². The Balaban J connectivity index is 1.41. The summed E-state index contributed by atoms with van der Waals surface area (Å²) in [6.45, 7) is 0. The Labute approximate surface area is 212 Å². The largest absolute Gasteiger partial charge is 0.359 e. The number of anilines is 2. The van der Waals surface area contributed by atoms with Gasteiger partial charge in [0.25, 0.3) is 0 Å². The van der Waals surface area contributed by atoms with E-state index in [2.05, 4.69) is 21.3 Å². The maximum atomic E-state index is 12.7. The van der Waals surface area contributed by atoms with E-state index in [4.69, 9.17) is 0 Å². The topological polar surface area (TPSA) is 116 Å². The molecule has 0 unspecified atom stereocenters. The molecule has 1 saturated carbocycles.